The van der Waals surface area contributed by atoms with Gasteiger partial charge in [-0.3, -0.25) is 4.79 Å². The normalized spacial score (nSPS) is 23.1. The molecule has 5 atom stereocenters. The number of aryl methyl sites for hydroxylation is 1. The summed E-state index contributed by atoms with van der Waals surface area (Å²) in [7, 11) is 1.53. The molecule has 10 nitrogen and oxygen atoms in total. The molecule has 0 fully saturated rings. The number of benzene rings is 4. The predicted molar refractivity (Wildman–Crippen MR) is 235 cm³/mol. The second-order valence-corrected chi connectivity index (χ2v) is 17.3. The SMILES string of the molecule is COCCc1c(CO)c2ccc3c(c2oc1=O)C1OC(=O)CC2CC(c4cccc(Cc5ccccc5)c4)C=CC2c2ccc(cc2)CCC(=C(C)CO)C(=O)OC1C(C)(C)O3. The minimum atomic E-state index is -1.28. The van der Waals surface area contributed by atoms with E-state index in [4.69, 9.17) is 23.4 Å². The number of rotatable bonds is 8. The fourth-order valence-electron chi connectivity index (χ4n) is 9.47. The first-order valence-electron chi connectivity index (χ1n) is 21.5. The monoisotopic (exact) mass is 838 g/mol. The molecule has 1 aliphatic carbocycles. The van der Waals surface area contributed by atoms with Gasteiger partial charge in [0.25, 0.3) is 0 Å². The molecule has 9 rings (SSSR count). The number of hydrogen-bond acceptors (Lipinski definition) is 10. The van der Waals surface area contributed by atoms with Crippen molar-refractivity contribution >= 4 is 22.9 Å². The highest BCUT2D eigenvalue weighted by Crippen LogP contribution is 2.49. The Balaban J connectivity index is 1.22. The average Bonchev–Trinajstić information content (AvgIpc) is 3.26. The minimum absolute atomic E-state index is 0.0390. The van der Waals surface area contributed by atoms with Crippen LogP contribution in [0.25, 0.3) is 11.0 Å². The summed E-state index contributed by atoms with van der Waals surface area (Å²) >= 11 is 0. The van der Waals surface area contributed by atoms with Crippen molar-refractivity contribution in [3.63, 3.8) is 0 Å². The van der Waals surface area contributed by atoms with Crippen LogP contribution in [0.3, 0.4) is 0 Å². The maximum Gasteiger partial charge on any atom is 0.339 e. The number of fused-ring (bicyclic) bond motifs is 11. The third-order valence-electron chi connectivity index (χ3n) is 12.8. The number of aliphatic hydroxyl groups is 2. The predicted octanol–water partition coefficient (Wildman–Crippen LogP) is 8.52. The fraction of sp³-hybridized carbons (Fsp3) is 0.365. The Hall–Kier alpha value is -5.81. The van der Waals surface area contributed by atoms with Crippen molar-refractivity contribution in [2.24, 2.45) is 5.92 Å². The number of aliphatic hydroxyl groups excluding tert-OH is 2. The molecule has 62 heavy (non-hydrogen) atoms. The van der Waals surface area contributed by atoms with Gasteiger partial charge in [0.15, 0.2) is 12.2 Å². The zero-order valence-corrected chi connectivity index (χ0v) is 35.7. The maximum absolute atomic E-state index is 14.7. The van der Waals surface area contributed by atoms with Gasteiger partial charge in [0.1, 0.15) is 16.9 Å². The van der Waals surface area contributed by atoms with Gasteiger partial charge < -0.3 is 33.6 Å². The fourth-order valence-corrected chi connectivity index (χ4v) is 9.47. The summed E-state index contributed by atoms with van der Waals surface area (Å²) in [5.74, 6) is -1.13. The van der Waals surface area contributed by atoms with E-state index in [1.165, 1.54) is 23.8 Å². The summed E-state index contributed by atoms with van der Waals surface area (Å²) in [5.41, 5.74) is 5.47. The minimum Gasteiger partial charge on any atom is -0.483 e. The molecule has 0 amide bonds. The Morgan fingerprint density at radius 3 is 2.35 bits per heavy atom. The second kappa shape index (κ2) is 18.3. The molecule has 2 N–H and O–H groups in total. The van der Waals surface area contributed by atoms with E-state index in [-0.39, 0.29) is 66.3 Å². The quantitative estimate of drug-likeness (QED) is 0.0676. The molecular formula is C52H54O10. The Labute approximate surface area is 361 Å². The van der Waals surface area contributed by atoms with Gasteiger partial charge in [-0.15, -0.1) is 0 Å². The van der Waals surface area contributed by atoms with Crippen LogP contribution in [0.5, 0.6) is 5.75 Å². The number of carbonyl (C=O) groups is 2. The lowest BCUT2D eigenvalue weighted by molar-refractivity contribution is -0.188. The summed E-state index contributed by atoms with van der Waals surface area (Å²) < 4.78 is 30.8. The van der Waals surface area contributed by atoms with Crippen LogP contribution in [-0.2, 0) is 49.7 Å². The standard InChI is InChI=1S/C52H54O10/c1-31(29-53)39-19-15-32-13-16-35(17-14-32)40-20-18-37(36-12-8-11-34(26-36)25-33-9-6-5-7-10-33)27-38(40)28-45(55)59-48-46-44(62-52(2,3)49(48)61-50(39)56)22-21-41-43(30-54)42(23-24-58-4)51(57)60-47(41)46/h5-14,16-18,20-22,26,37-38,40,48-49,53-54H,15,19,23-25,27-30H2,1-4H3. The molecule has 1 aromatic heterocycles. The van der Waals surface area contributed by atoms with E-state index in [1.54, 1.807) is 32.9 Å². The first-order valence-corrected chi connectivity index (χ1v) is 21.5. The van der Waals surface area contributed by atoms with E-state index in [0.717, 1.165) is 17.5 Å². The van der Waals surface area contributed by atoms with Crippen LogP contribution in [0, 0.1) is 5.92 Å². The summed E-state index contributed by atoms with van der Waals surface area (Å²) in [6, 6.07) is 30.8. The van der Waals surface area contributed by atoms with Crippen molar-refractivity contribution in [3.8, 4) is 5.75 Å². The molecule has 0 saturated carbocycles. The zero-order chi connectivity index (χ0) is 43.5. The van der Waals surface area contributed by atoms with Crippen LogP contribution < -0.4 is 10.4 Å². The average molecular weight is 839 g/mol. The largest absolute Gasteiger partial charge is 0.483 e. The third-order valence-corrected chi connectivity index (χ3v) is 12.8. The van der Waals surface area contributed by atoms with Gasteiger partial charge in [-0.1, -0.05) is 91.0 Å². The summed E-state index contributed by atoms with van der Waals surface area (Å²) in [4.78, 5) is 42.7. The van der Waals surface area contributed by atoms with E-state index in [1.807, 2.05) is 6.07 Å². The van der Waals surface area contributed by atoms with Crippen LogP contribution >= 0.6 is 0 Å². The molecule has 2 bridgehead atoms. The molecule has 3 aliphatic heterocycles. The second-order valence-electron chi connectivity index (χ2n) is 17.3. The highest BCUT2D eigenvalue weighted by molar-refractivity contribution is 5.90. The van der Waals surface area contributed by atoms with E-state index in [2.05, 4.69) is 84.9 Å². The lowest BCUT2D eigenvalue weighted by Crippen LogP contribution is -2.52. The van der Waals surface area contributed by atoms with E-state index in [9.17, 15) is 24.6 Å². The van der Waals surface area contributed by atoms with Crippen molar-refractivity contribution in [2.45, 2.75) is 95.5 Å². The third kappa shape index (κ3) is 8.77. The molecule has 0 saturated heterocycles. The molecule has 0 radical (unpaired) electrons. The first kappa shape index (κ1) is 42.9. The number of allylic oxidation sites excluding steroid dienone is 2. The molecule has 5 unspecified atom stereocenters. The van der Waals surface area contributed by atoms with Crippen molar-refractivity contribution in [2.75, 3.05) is 20.3 Å². The molecule has 4 aromatic carbocycles. The molecular weight excluding hydrogens is 785 g/mol. The van der Waals surface area contributed by atoms with Crippen LogP contribution in [0.4, 0.5) is 0 Å². The van der Waals surface area contributed by atoms with E-state index < -0.39 is 42.0 Å². The van der Waals surface area contributed by atoms with Gasteiger partial charge in [0, 0.05) is 48.3 Å². The summed E-state index contributed by atoms with van der Waals surface area (Å²) in [5, 5.41) is 21.3. The lowest BCUT2D eigenvalue weighted by atomic mass is 9.72. The molecule has 4 aliphatic rings. The highest BCUT2D eigenvalue weighted by Gasteiger charge is 2.51. The first-order chi connectivity index (χ1) is 30.0. The van der Waals surface area contributed by atoms with Gasteiger partial charge in [0.2, 0.25) is 0 Å². The van der Waals surface area contributed by atoms with Crippen molar-refractivity contribution in [3.05, 3.63) is 169 Å². The van der Waals surface area contributed by atoms with Crippen LogP contribution in [-0.4, -0.2) is 54.2 Å². The van der Waals surface area contributed by atoms with Crippen LogP contribution in [0.15, 0.2) is 124 Å². The number of carbonyl (C=O) groups excluding carboxylic acids is 2. The molecule has 322 valence electrons. The van der Waals surface area contributed by atoms with Gasteiger partial charge in [-0.25, -0.2) is 9.59 Å². The van der Waals surface area contributed by atoms with Gasteiger partial charge in [-0.2, -0.15) is 0 Å². The molecule has 10 heteroatoms. The van der Waals surface area contributed by atoms with Gasteiger partial charge >= 0.3 is 17.6 Å². The number of ether oxygens (including phenoxy) is 4. The molecule has 0 spiro atoms. The van der Waals surface area contributed by atoms with E-state index >= 15 is 0 Å². The van der Waals surface area contributed by atoms with E-state index in [0.29, 0.717) is 41.4 Å². The number of esters is 2. The summed E-state index contributed by atoms with van der Waals surface area (Å²) in [6.45, 7) is 4.61. The maximum atomic E-state index is 14.7. The van der Waals surface area contributed by atoms with Gasteiger partial charge in [0.05, 0.1) is 25.4 Å². The highest BCUT2D eigenvalue weighted by atomic mass is 16.6. The lowest BCUT2D eigenvalue weighted by Gasteiger charge is -2.43. The topological polar surface area (TPSA) is 142 Å². The van der Waals surface area contributed by atoms with Crippen molar-refractivity contribution in [1.29, 1.82) is 0 Å². The summed E-state index contributed by atoms with van der Waals surface area (Å²) in [6.07, 6.45) is 4.52. The van der Waals surface area contributed by atoms with Crippen molar-refractivity contribution in [1.82, 2.24) is 0 Å². The Morgan fingerprint density at radius 1 is 0.839 bits per heavy atom. The van der Waals surface area contributed by atoms with Crippen LogP contribution in [0.1, 0.15) is 102 Å². The Morgan fingerprint density at radius 2 is 1.61 bits per heavy atom. The van der Waals surface area contributed by atoms with Crippen molar-refractivity contribution < 1.29 is 43.2 Å². The van der Waals surface area contributed by atoms with Crippen LogP contribution in [0.2, 0.25) is 0 Å². The van der Waals surface area contributed by atoms with Gasteiger partial charge in [-0.05, 0) is 103 Å². The smallest absolute Gasteiger partial charge is 0.339 e. The number of methoxy groups -OCH3 is 1. The molecule has 5 aromatic rings. The zero-order valence-electron chi connectivity index (χ0n) is 35.7. The molecule has 4 heterocycles. The Bertz CT molecular complexity index is 2570. The Kier molecular flexibility index (Phi) is 12.6. The number of hydrogen-bond donors (Lipinski definition) is 2.